The van der Waals surface area contributed by atoms with E-state index in [1.165, 1.54) is 0 Å². The highest BCUT2D eigenvalue weighted by Gasteiger charge is 2.26. The molecule has 2 aromatic rings. The highest BCUT2D eigenvalue weighted by molar-refractivity contribution is 9.11. The first-order valence-corrected chi connectivity index (χ1v) is 6.63. The van der Waals surface area contributed by atoms with Gasteiger partial charge in [0.1, 0.15) is 5.75 Å². The quantitative estimate of drug-likeness (QED) is 0.741. The summed E-state index contributed by atoms with van der Waals surface area (Å²) in [5.41, 5.74) is 0.634. The minimum atomic E-state index is -0.0508. The summed E-state index contributed by atoms with van der Waals surface area (Å²) in [5, 5.41) is 0. The predicted octanol–water partition coefficient (Wildman–Crippen LogP) is 4.13. The first-order valence-electron chi connectivity index (χ1n) is 5.02. The number of para-hydroxylation sites is 1. The number of fused-ring (bicyclic) bond motifs is 1. The summed E-state index contributed by atoms with van der Waals surface area (Å²) in [4.78, 5) is 13.0. The fraction of sp³-hybridized carbons (Fsp3) is 0. The Bertz CT molecular complexity index is 628. The van der Waals surface area contributed by atoms with Crippen LogP contribution >= 0.6 is 27.3 Å². The van der Waals surface area contributed by atoms with Crippen LogP contribution < -0.4 is 4.74 Å². The Morgan fingerprint density at radius 1 is 1.18 bits per heavy atom. The zero-order chi connectivity index (χ0) is 11.8. The Morgan fingerprint density at radius 2 is 2.00 bits per heavy atom. The Kier molecular flexibility index (Phi) is 2.61. The normalized spacial score (nSPS) is 16.1. The lowest BCUT2D eigenvalue weighted by Crippen LogP contribution is -1.97. The molecule has 1 aliphatic heterocycles. The van der Waals surface area contributed by atoms with Gasteiger partial charge in [0.15, 0.2) is 5.76 Å². The molecule has 0 N–H and O–H groups in total. The molecule has 2 heterocycles. The van der Waals surface area contributed by atoms with Gasteiger partial charge in [-0.05, 0) is 40.2 Å². The van der Waals surface area contributed by atoms with Crippen molar-refractivity contribution in [3.8, 4) is 5.75 Å². The third kappa shape index (κ3) is 1.94. The minimum Gasteiger partial charge on any atom is -0.452 e. The number of allylic oxidation sites excluding steroid dienone is 1. The topological polar surface area (TPSA) is 26.3 Å². The minimum absolute atomic E-state index is 0.0508. The standard InChI is InChI=1S/C13H7BrO2S/c14-12-6-5-8(17-12)7-11-13(15)9-3-1-2-4-10(9)16-11/h1-7H/b11-7-. The van der Waals surface area contributed by atoms with Gasteiger partial charge in [0.05, 0.1) is 9.35 Å². The van der Waals surface area contributed by atoms with Gasteiger partial charge in [-0.1, -0.05) is 12.1 Å². The monoisotopic (exact) mass is 306 g/mol. The summed E-state index contributed by atoms with van der Waals surface area (Å²) in [6.45, 7) is 0. The van der Waals surface area contributed by atoms with Gasteiger partial charge in [-0.2, -0.15) is 0 Å². The number of rotatable bonds is 1. The van der Waals surface area contributed by atoms with Crippen LogP contribution in [0.2, 0.25) is 0 Å². The smallest absolute Gasteiger partial charge is 0.231 e. The Morgan fingerprint density at radius 3 is 2.71 bits per heavy atom. The van der Waals surface area contributed by atoms with Gasteiger partial charge in [-0.15, -0.1) is 11.3 Å². The molecule has 1 aromatic heterocycles. The lowest BCUT2D eigenvalue weighted by molar-refractivity contribution is 0.101. The summed E-state index contributed by atoms with van der Waals surface area (Å²) >= 11 is 4.95. The number of hydrogen-bond donors (Lipinski definition) is 0. The molecule has 0 amide bonds. The summed E-state index contributed by atoms with van der Waals surface area (Å²) in [6, 6.07) is 11.2. The lowest BCUT2D eigenvalue weighted by Gasteiger charge is -1.95. The van der Waals surface area contributed by atoms with Crippen molar-refractivity contribution in [3.05, 3.63) is 56.4 Å². The van der Waals surface area contributed by atoms with Gasteiger partial charge in [-0.3, -0.25) is 4.79 Å². The molecule has 0 atom stereocenters. The Balaban J connectivity index is 1.99. The van der Waals surface area contributed by atoms with E-state index >= 15 is 0 Å². The average Bonchev–Trinajstić information content (AvgIpc) is 2.86. The first-order chi connectivity index (χ1) is 8.24. The molecule has 84 valence electrons. The second kappa shape index (κ2) is 4.13. The van der Waals surface area contributed by atoms with Crippen LogP contribution in [0.5, 0.6) is 5.75 Å². The third-order valence-electron chi connectivity index (χ3n) is 2.44. The average molecular weight is 307 g/mol. The maximum atomic E-state index is 12.0. The van der Waals surface area contributed by atoms with Crippen molar-refractivity contribution >= 4 is 39.1 Å². The molecule has 0 saturated carbocycles. The van der Waals surface area contributed by atoms with Crippen molar-refractivity contribution in [3.63, 3.8) is 0 Å². The first kappa shape index (κ1) is 10.7. The molecule has 4 heteroatoms. The van der Waals surface area contributed by atoms with E-state index in [0.717, 1.165) is 8.66 Å². The van der Waals surface area contributed by atoms with Crippen LogP contribution in [0.1, 0.15) is 15.2 Å². The molecule has 0 saturated heterocycles. The van der Waals surface area contributed by atoms with E-state index in [2.05, 4.69) is 15.9 Å². The molecule has 1 aromatic carbocycles. The Hall–Kier alpha value is -1.39. The molecular weight excluding hydrogens is 300 g/mol. The summed E-state index contributed by atoms with van der Waals surface area (Å²) in [5.74, 6) is 0.977. The summed E-state index contributed by atoms with van der Waals surface area (Å²) < 4.78 is 6.57. The number of hydrogen-bond acceptors (Lipinski definition) is 3. The molecule has 2 nitrogen and oxygen atoms in total. The van der Waals surface area contributed by atoms with Crippen molar-refractivity contribution in [1.29, 1.82) is 0 Å². The van der Waals surface area contributed by atoms with E-state index in [1.54, 1.807) is 29.5 Å². The van der Waals surface area contributed by atoms with E-state index in [0.29, 0.717) is 17.1 Å². The fourth-order valence-electron chi connectivity index (χ4n) is 1.67. The van der Waals surface area contributed by atoms with Gasteiger partial charge in [0, 0.05) is 11.0 Å². The zero-order valence-corrected chi connectivity index (χ0v) is 11.0. The highest BCUT2D eigenvalue weighted by Crippen LogP contribution is 2.32. The molecule has 17 heavy (non-hydrogen) atoms. The van der Waals surface area contributed by atoms with Crippen molar-refractivity contribution in [2.24, 2.45) is 0 Å². The number of ketones is 1. The number of carbonyl (C=O) groups is 1. The number of ether oxygens (including phenoxy) is 1. The number of thiophene rings is 1. The van der Waals surface area contributed by atoms with Crippen molar-refractivity contribution in [2.45, 2.75) is 0 Å². The maximum absolute atomic E-state index is 12.0. The fourth-order valence-corrected chi connectivity index (χ4v) is 3.03. The third-order valence-corrected chi connectivity index (χ3v) is 4.01. The van der Waals surface area contributed by atoms with E-state index in [9.17, 15) is 4.79 Å². The van der Waals surface area contributed by atoms with Gasteiger partial charge in [0.2, 0.25) is 5.78 Å². The van der Waals surface area contributed by atoms with Gasteiger partial charge < -0.3 is 4.74 Å². The van der Waals surface area contributed by atoms with Crippen molar-refractivity contribution in [1.82, 2.24) is 0 Å². The van der Waals surface area contributed by atoms with Gasteiger partial charge in [0.25, 0.3) is 0 Å². The predicted molar refractivity (Wildman–Crippen MR) is 71.4 cm³/mol. The molecule has 0 aliphatic carbocycles. The largest absolute Gasteiger partial charge is 0.452 e. The SMILES string of the molecule is O=C1/C(=C/c2ccc(Br)s2)Oc2ccccc21. The van der Waals surface area contributed by atoms with Crippen LogP contribution in [0.3, 0.4) is 0 Å². The highest BCUT2D eigenvalue weighted by atomic mass is 79.9. The molecule has 0 fully saturated rings. The van der Waals surface area contributed by atoms with E-state index in [-0.39, 0.29) is 5.78 Å². The summed E-state index contributed by atoms with van der Waals surface area (Å²) in [6.07, 6.45) is 1.78. The second-order valence-electron chi connectivity index (χ2n) is 3.58. The lowest BCUT2D eigenvalue weighted by atomic mass is 10.1. The summed E-state index contributed by atoms with van der Waals surface area (Å²) in [7, 11) is 0. The van der Waals surface area contributed by atoms with E-state index in [1.807, 2.05) is 24.3 Å². The molecule has 1 aliphatic rings. The van der Waals surface area contributed by atoms with Crippen molar-refractivity contribution < 1.29 is 9.53 Å². The number of Topliss-reactive ketones (excluding diaryl/α,β-unsaturated/α-hetero) is 1. The molecule has 0 spiro atoms. The van der Waals surface area contributed by atoms with Gasteiger partial charge in [-0.25, -0.2) is 0 Å². The van der Waals surface area contributed by atoms with Crippen LogP contribution in [0.25, 0.3) is 6.08 Å². The molecule has 0 unspecified atom stereocenters. The second-order valence-corrected chi connectivity index (χ2v) is 6.07. The number of halogens is 1. The van der Waals surface area contributed by atoms with E-state index < -0.39 is 0 Å². The van der Waals surface area contributed by atoms with Crippen LogP contribution in [-0.2, 0) is 0 Å². The molecule has 3 rings (SSSR count). The van der Waals surface area contributed by atoms with E-state index in [4.69, 9.17) is 4.74 Å². The molecular formula is C13H7BrO2S. The van der Waals surface area contributed by atoms with Crippen LogP contribution in [0, 0.1) is 0 Å². The number of carbonyl (C=O) groups excluding carboxylic acids is 1. The van der Waals surface area contributed by atoms with Crippen molar-refractivity contribution in [2.75, 3.05) is 0 Å². The molecule has 0 bridgehead atoms. The zero-order valence-electron chi connectivity index (χ0n) is 8.64. The van der Waals surface area contributed by atoms with Crippen LogP contribution in [-0.4, -0.2) is 5.78 Å². The van der Waals surface area contributed by atoms with Crippen LogP contribution in [0.4, 0.5) is 0 Å². The number of benzene rings is 1. The van der Waals surface area contributed by atoms with Crippen LogP contribution in [0.15, 0.2) is 45.9 Å². The molecule has 0 radical (unpaired) electrons. The maximum Gasteiger partial charge on any atom is 0.231 e. The Labute approximate surface area is 111 Å². The van der Waals surface area contributed by atoms with Gasteiger partial charge >= 0.3 is 0 Å².